The minimum absolute atomic E-state index is 0.427. The molecule has 0 amide bonds. The van der Waals surface area contributed by atoms with Gasteiger partial charge in [0.1, 0.15) is 18.2 Å². The lowest BCUT2D eigenvalue weighted by atomic mass is 10.4. The van der Waals surface area contributed by atoms with E-state index >= 15 is 0 Å². The van der Waals surface area contributed by atoms with E-state index < -0.39 is 0 Å². The number of aromatic nitrogens is 2. The van der Waals surface area contributed by atoms with Crippen molar-refractivity contribution in [1.29, 1.82) is 0 Å². The SMILES string of the molecule is CNc1cc(NCCN2CCCC2)nc(COC)n1. The average Bonchev–Trinajstić information content (AvgIpc) is 2.92. The van der Waals surface area contributed by atoms with Crippen molar-refractivity contribution in [1.82, 2.24) is 14.9 Å². The smallest absolute Gasteiger partial charge is 0.158 e. The number of hydrogen-bond donors (Lipinski definition) is 2. The Morgan fingerprint density at radius 3 is 2.68 bits per heavy atom. The fourth-order valence-corrected chi connectivity index (χ4v) is 2.26. The quantitative estimate of drug-likeness (QED) is 0.772. The number of rotatable bonds is 7. The fraction of sp³-hybridized carbons (Fsp3) is 0.692. The summed E-state index contributed by atoms with van der Waals surface area (Å²) in [4.78, 5) is 11.2. The Balaban J connectivity index is 1.88. The highest BCUT2D eigenvalue weighted by Crippen LogP contribution is 2.12. The average molecular weight is 265 g/mol. The second-order valence-electron chi connectivity index (χ2n) is 4.71. The van der Waals surface area contributed by atoms with Crippen LogP contribution in [-0.2, 0) is 11.3 Å². The van der Waals surface area contributed by atoms with Gasteiger partial charge in [0.05, 0.1) is 0 Å². The van der Waals surface area contributed by atoms with E-state index in [0.717, 1.165) is 24.7 Å². The lowest BCUT2D eigenvalue weighted by Crippen LogP contribution is -2.26. The molecule has 0 spiro atoms. The number of methoxy groups -OCH3 is 1. The van der Waals surface area contributed by atoms with Crippen LogP contribution in [0.3, 0.4) is 0 Å². The largest absolute Gasteiger partial charge is 0.377 e. The van der Waals surface area contributed by atoms with E-state index in [0.29, 0.717) is 12.4 Å². The van der Waals surface area contributed by atoms with Crippen LogP contribution in [0.2, 0.25) is 0 Å². The number of likely N-dealkylation sites (tertiary alicyclic amines) is 1. The molecule has 0 saturated carbocycles. The molecule has 19 heavy (non-hydrogen) atoms. The van der Waals surface area contributed by atoms with Crippen molar-refractivity contribution in [2.45, 2.75) is 19.4 Å². The molecule has 0 aromatic carbocycles. The van der Waals surface area contributed by atoms with Crippen molar-refractivity contribution in [2.75, 3.05) is 51.0 Å². The maximum Gasteiger partial charge on any atom is 0.158 e. The Hall–Kier alpha value is -1.40. The summed E-state index contributed by atoms with van der Waals surface area (Å²) >= 11 is 0. The number of nitrogens with zero attached hydrogens (tertiary/aromatic N) is 3. The first-order valence-electron chi connectivity index (χ1n) is 6.82. The lowest BCUT2D eigenvalue weighted by Gasteiger charge is -2.15. The molecule has 1 fully saturated rings. The highest BCUT2D eigenvalue weighted by molar-refractivity contribution is 5.47. The minimum atomic E-state index is 0.427. The van der Waals surface area contributed by atoms with Gasteiger partial charge in [-0.2, -0.15) is 0 Å². The van der Waals surface area contributed by atoms with Crippen molar-refractivity contribution in [2.24, 2.45) is 0 Å². The molecule has 2 heterocycles. The highest BCUT2D eigenvalue weighted by atomic mass is 16.5. The number of hydrogen-bond acceptors (Lipinski definition) is 6. The standard InChI is InChI=1S/C13H23N5O/c1-14-11-9-12(17-13(16-11)10-19-2)15-5-8-18-6-3-4-7-18/h9H,3-8,10H2,1-2H3,(H2,14,15,16,17). The van der Waals surface area contributed by atoms with Gasteiger partial charge in [0.25, 0.3) is 0 Å². The van der Waals surface area contributed by atoms with Crippen LogP contribution in [-0.4, -0.2) is 55.2 Å². The molecule has 1 aromatic heterocycles. The summed E-state index contributed by atoms with van der Waals surface area (Å²) in [5.41, 5.74) is 0. The molecule has 6 heteroatoms. The van der Waals surface area contributed by atoms with Gasteiger partial charge in [-0.15, -0.1) is 0 Å². The Kier molecular flexibility index (Phi) is 5.35. The van der Waals surface area contributed by atoms with Gasteiger partial charge in [-0.1, -0.05) is 0 Å². The van der Waals surface area contributed by atoms with Crippen LogP contribution in [0.15, 0.2) is 6.07 Å². The number of ether oxygens (including phenoxy) is 1. The molecule has 6 nitrogen and oxygen atoms in total. The van der Waals surface area contributed by atoms with Crippen LogP contribution >= 0.6 is 0 Å². The molecule has 0 atom stereocenters. The van der Waals surface area contributed by atoms with Crippen LogP contribution in [0.5, 0.6) is 0 Å². The Morgan fingerprint density at radius 1 is 1.26 bits per heavy atom. The third kappa shape index (κ3) is 4.33. The topological polar surface area (TPSA) is 62.3 Å². The molecule has 2 rings (SSSR count). The Bertz CT molecular complexity index is 393. The van der Waals surface area contributed by atoms with Crippen LogP contribution in [0, 0.1) is 0 Å². The van der Waals surface area contributed by atoms with Crippen molar-refractivity contribution in [3.05, 3.63) is 11.9 Å². The summed E-state index contributed by atoms with van der Waals surface area (Å²) in [6, 6.07) is 1.92. The van der Waals surface area contributed by atoms with Crippen LogP contribution < -0.4 is 10.6 Å². The van der Waals surface area contributed by atoms with E-state index in [1.807, 2.05) is 13.1 Å². The van der Waals surface area contributed by atoms with Crippen molar-refractivity contribution < 1.29 is 4.74 Å². The normalized spacial score (nSPS) is 15.7. The van der Waals surface area contributed by atoms with Gasteiger partial charge < -0.3 is 20.3 Å². The first kappa shape index (κ1) is 14.0. The third-order valence-corrected chi connectivity index (χ3v) is 3.23. The van der Waals surface area contributed by atoms with E-state index in [2.05, 4.69) is 25.5 Å². The second kappa shape index (κ2) is 7.25. The van der Waals surface area contributed by atoms with Gasteiger partial charge in [-0.25, -0.2) is 9.97 Å². The molecule has 0 aliphatic carbocycles. The lowest BCUT2D eigenvalue weighted by molar-refractivity contribution is 0.178. The second-order valence-corrected chi connectivity index (χ2v) is 4.71. The summed E-state index contributed by atoms with van der Waals surface area (Å²) in [5, 5.41) is 6.40. The zero-order valence-corrected chi connectivity index (χ0v) is 11.8. The van der Waals surface area contributed by atoms with E-state index in [1.54, 1.807) is 7.11 Å². The number of nitrogens with one attached hydrogen (secondary N) is 2. The maximum absolute atomic E-state index is 5.08. The van der Waals surface area contributed by atoms with Crippen LogP contribution in [0.1, 0.15) is 18.7 Å². The Labute approximate surface area is 114 Å². The van der Waals surface area contributed by atoms with Crippen LogP contribution in [0.25, 0.3) is 0 Å². The van der Waals surface area contributed by atoms with Gasteiger partial charge >= 0.3 is 0 Å². The van der Waals surface area contributed by atoms with Crippen molar-refractivity contribution in [3.63, 3.8) is 0 Å². The minimum Gasteiger partial charge on any atom is -0.377 e. The molecule has 1 aromatic rings. The van der Waals surface area contributed by atoms with Crippen molar-refractivity contribution in [3.8, 4) is 0 Å². The first-order chi connectivity index (χ1) is 9.31. The maximum atomic E-state index is 5.08. The molecule has 1 aliphatic heterocycles. The molecule has 106 valence electrons. The molecular formula is C13H23N5O. The predicted molar refractivity (Wildman–Crippen MR) is 76.5 cm³/mol. The summed E-state index contributed by atoms with van der Waals surface area (Å²) in [5.74, 6) is 2.36. The molecular weight excluding hydrogens is 242 g/mol. The fourth-order valence-electron chi connectivity index (χ4n) is 2.26. The van der Waals surface area contributed by atoms with E-state index in [9.17, 15) is 0 Å². The molecule has 2 N–H and O–H groups in total. The van der Waals surface area contributed by atoms with Gasteiger partial charge in [0.15, 0.2) is 5.82 Å². The summed E-state index contributed by atoms with van der Waals surface area (Å²) in [6.45, 7) is 4.85. The predicted octanol–water partition coefficient (Wildman–Crippen LogP) is 1.17. The van der Waals surface area contributed by atoms with E-state index in [1.165, 1.54) is 25.9 Å². The third-order valence-electron chi connectivity index (χ3n) is 3.23. The summed E-state index contributed by atoms with van der Waals surface area (Å²) in [7, 11) is 3.50. The van der Waals surface area contributed by atoms with Gasteiger partial charge in [0, 0.05) is 33.3 Å². The monoisotopic (exact) mass is 265 g/mol. The zero-order chi connectivity index (χ0) is 13.5. The summed E-state index contributed by atoms with van der Waals surface area (Å²) < 4.78 is 5.08. The molecule has 1 aliphatic rings. The van der Waals surface area contributed by atoms with Gasteiger partial charge in [0.2, 0.25) is 0 Å². The zero-order valence-electron chi connectivity index (χ0n) is 11.8. The number of anilines is 2. The molecule has 0 bridgehead atoms. The van der Waals surface area contributed by atoms with Gasteiger partial charge in [-0.3, -0.25) is 0 Å². The van der Waals surface area contributed by atoms with Crippen molar-refractivity contribution >= 4 is 11.6 Å². The summed E-state index contributed by atoms with van der Waals surface area (Å²) in [6.07, 6.45) is 2.66. The first-order valence-corrected chi connectivity index (χ1v) is 6.82. The molecule has 0 unspecified atom stereocenters. The van der Waals surface area contributed by atoms with Gasteiger partial charge in [-0.05, 0) is 25.9 Å². The van der Waals surface area contributed by atoms with E-state index in [4.69, 9.17) is 4.74 Å². The highest BCUT2D eigenvalue weighted by Gasteiger charge is 2.10. The molecule has 0 radical (unpaired) electrons. The van der Waals surface area contributed by atoms with E-state index in [-0.39, 0.29) is 0 Å². The Morgan fingerprint density at radius 2 is 2.00 bits per heavy atom. The van der Waals surface area contributed by atoms with Crippen LogP contribution in [0.4, 0.5) is 11.6 Å². The molecule has 1 saturated heterocycles.